The SMILES string of the molecule is COc1cccc(CN2C(=O)CSC2c2cccc(Cl)c2)c1OC. The fraction of sp³-hybridized carbons (Fsp3) is 0.278. The number of thioether (sulfide) groups is 1. The van der Waals surface area contributed by atoms with Crippen LogP contribution in [-0.2, 0) is 11.3 Å². The molecule has 3 rings (SSSR count). The van der Waals surface area contributed by atoms with Gasteiger partial charge < -0.3 is 14.4 Å². The molecule has 0 bridgehead atoms. The molecule has 0 aromatic heterocycles. The van der Waals surface area contributed by atoms with Crippen molar-refractivity contribution in [3.8, 4) is 11.5 Å². The molecule has 1 fully saturated rings. The molecule has 2 aromatic carbocycles. The summed E-state index contributed by atoms with van der Waals surface area (Å²) >= 11 is 7.71. The predicted octanol–water partition coefficient (Wildman–Crippen LogP) is 4.13. The second kappa shape index (κ2) is 7.36. The van der Waals surface area contributed by atoms with Crippen molar-refractivity contribution in [2.45, 2.75) is 11.9 Å². The second-order valence-electron chi connectivity index (χ2n) is 5.39. The molecule has 1 unspecified atom stereocenters. The molecular weight excluding hydrogens is 346 g/mol. The van der Waals surface area contributed by atoms with Crippen LogP contribution in [0.4, 0.5) is 0 Å². The number of hydrogen-bond acceptors (Lipinski definition) is 4. The topological polar surface area (TPSA) is 38.8 Å². The van der Waals surface area contributed by atoms with Crippen LogP contribution in [0.1, 0.15) is 16.5 Å². The third-order valence-electron chi connectivity index (χ3n) is 3.93. The van der Waals surface area contributed by atoms with E-state index in [4.69, 9.17) is 21.1 Å². The molecule has 126 valence electrons. The summed E-state index contributed by atoms with van der Waals surface area (Å²) in [4.78, 5) is 14.3. The average molecular weight is 364 g/mol. The zero-order valence-electron chi connectivity index (χ0n) is 13.5. The maximum absolute atomic E-state index is 12.4. The van der Waals surface area contributed by atoms with Gasteiger partial charge in [-0.3, -0.25) is 4.79 Å². The van der Waals surface area contributed by atoms with Crippen molar-refractivity contribution in [3.05, 3.63) is 58.6 Å². The lowest BCUT2D eigenvalue weighted by Crippen LogP contribution is -2.27. The molecule has 1 amide bonds. The van der Waals surface area contributed by atoms with Crippen LogP contribution in [0.5, 0.6) is 11.5 Å². The van der Waals surface area contributed by atoms with Gasteiger partial charge in [-0.1, -0.05) is 35.9 Å². The van der Waals surface area contributed by atoms with Gasteiger partial charge in [0.2, 0.25) is 5.91 Å². The van der Waals surface area contributed by atoms with Crippen LogP contribution in [0.3, 0.4) is 0 Å². The molecule has 24 heavy (non-hydrogen) atoms. The molecule has 2 aromatic rings. The maximum atomic E-state index is 12.4. The minimum absolute atomic E-state index is 0.0490. The Balaban J connectivity index is 1.91. The van der Waals surface area contributed by atoms with Gasteiger partial charge in [0.05, 0.1) is 26.5 Å². The highest BCUT2D eigenvalue weighted by Gasteiger charge is 2.33. The summed E-state index contributed by atoms with van der Waals surface area (Å²) in [6, 6.07) is 13.3. The molecule has 1 saturated heterocycles. The Morgan fingerprint density at radius 3 is 2.71 bits per heavy atom. The third-order valence-corrected chi connectivity index (χ3v) is 5.42. The van der Waals surface area contributed by atoms with Gasteiger partial charge in [0.25, 0.3) is 0 Å². The van der Waals surface area contributed by atoms with Crippen LogP contribution < -0.4 is 9.47 Å². The number of rotatable bonds is 5. The van der Waals surface area contributed by atoms with E-state index < -0.39 is 0 Å². The summed E-state index contributed by atoms with van der Waals surface area (Å²) in [7, 11) is 3.21. The number of nitrogens with zero attached hydrogens (tertiary/aromatic N) is 1. The van der Waals surface area contributed by atoms with Crippen molar-refractivity contribution in [3.63, 3.8) is 0 Å². The summed E-state index contributed by atoms with van der Waals surface area (Å²) in [5.74, 6) is 1.89. The number of hydrogen-bond donors (Lipinski definition) is 0. The number of benzene rings is 2. The summed E-state index contributed by atoms with van der Waals surface area (Å²) in [5, 5.41) is 0.624. The zero-order valence-corrected chi connectivity index (χ0v) is 15.1. The van der Waals surface area contributed by atoms with E-state index in [2.05, 4.69) is 0 Å². The van der Waals surface area contributed by atoms with Crippen molar-refractivity contribution in [2.75, 3.05) is 20.0 Å². The standard InChI is InChI=1S/C18H18ClNO3S/c1-22-15-8-4-6-13(17(15)23-2)10-20-16(21)11-24-18(20)12-5-3-7-14(19)9-12/h3-9,18H,10-11H2,1-2H3. The Hall–Kier alpha value is -1.85. The molecule has 0 radical (unpaired) electrons. The van der Waals surface area contributed by atoms with Crippen LogP contribution in [0.25, 0.3) is 0 Å². The Labute approximate surface area is 150 Å². The highest BCUT2D eigenvalue weighted by atomic mass is 35.5. The number of ether oxygens (including phenoxy) is 2. The number of carbonyl (C=O) groups excluding carboxylic acids is 1. The number of methoxy groups -OCH3 is 2. The van der Waals surface area contributed by atoms with Crippen LogP contribution in [0.15, 0.2) is 42.5 Å². The van der Waals surface area contributed by atoms with Crippen molar-refractivity contribution in [2.24, 2.45) is 0 Å². The van der Waals surface area contributed by atoms with E-state index in [0.29, 0.717) is 28.8 Å². The molecule has 1 atom stereocenters. The first-order chi connectivity index (χ1) is 11.6. The highest BCUT2D eigenvalue weighted by Crippen LogP contribution is 2.42. The van der Waals surface area contributed by atoms with E-state index in [9.17, 15) is 4.79 Å². The van der Waals surface area contributed by atoms with Gasteiger partial charge in [0.1, 0.15) is 5.37 Å². The average Bonchev–Trinajstić information content (AvgIpc) is 2.95. The number of carbonyl (C=O) groups is 1. The fourth-order valence-electron chi connectivity index (χ4n) is 2.82. The number of para-hydroxylation sites is 1. The molecule has 0 spiro atoms. The summed E-state index contributed by atoms with van der Waals surface area (Å²) < 4.78 is 10.8. The molecule has 1 heterocycles. The van der Waals surface area contributed by atoms with Gasteiger partial charge in [0.15, 0.2) is 11.5 Å². The van der Waals surface area contributed by atoms with E-state index >= 15 is 0 Å². The Morgan fingerprint density at radius 2 is 2.00 bits per heavy atom. The molecule has 0 saturated carbocycles. The van der Waals surface area contributed by atoms with Crippen molar-refractivity contribution < 1.29 is 14.3 Å². The molecule has 1 aliphatic rings. The van der Waals surface area contributed by atoms with Crippen LogP contribution in [0.2, 0.25) is 5.02 Å². The second-order valence-corrected chi connectivity index (χ2v) is 6.90. The van der Waals surface area contributed by atoms with Crippen molar-refractivity contribution in [1.29, 1.82) is 0 Å². The number of amides is 1. The smallest absolute Gasteiger partial charge is 0.234 e. The molecule has 0 N–H and O–H groups in total. The van der Waals surface area contributed by atoms with Crippen LogP contribution in [-0.4, -0.2) is 30.8 Å². The first-order valence-corrected chi connectivity index (χ1v) is 8.93. The zero-order chi connectivity index (χ0) is 17.1. The Morgan fingerprint density at radius 1 is 1.21 bits per heavy atom. The maximum Gasteiger partial charge on any atom is 0.234 e. The predicted molar refractivity (Wildman–Crippen MR) is 96.7 cm³/mol. The van der Waals surface area contributed by atoms with Crippen LogP contribution in [0, 0.1) is 0 Å². The first-order valence-electron chi connectivity index (χ1n) is 7.50. The molecule has 4 nitrogen and oxygen atoms in total. The summed E-state index contributed by atoms with van der Waals surface area (Å²) in [6.45, 7) is 0.462. The summed E-state index contributed by atoms with van der Waals surface area (Å²) in [6.07, 6.45) is 0. The van der Waals surface area contributed by atoms with Crippen molar-refractivity contribution in [1.82, 2.24) is 4.90 Å². The first kappa shape index (κ1) is 17.0. The van der Waals surface area contributed by atoms with E-state index in [1.165, 1.54) is 0 Å². The third kappa shape index (κ3) is 3.32. The van der Waals surface area contributed by atoms with Gasteiger partial charge in [-0.15, -0.1) is 11.8 Å². The molecule has 1 aliphatic heterocycles. The van der Waals surface area contributed by atoms with Crippen LogP contribution >= 0.6 is 23.4 Å². The highest BCUT2D eigenvalue weighted by molar-refractivity contribution is 8.00. The molecule has 0 aliphatic carbocycles. The largest absolute Gasteiger partial charge is 0.493 e. The molecule has 6 heteroatoms. The Bertz CT molecular complexity index is 753. The van der Waals surface area contributed by atoms with E-state index in [-0.39, 0.29) is 11.3 Å². The lowest BCUT2D eigenvalue weighted by molar-refractivity contribution is -0.128. The van der Waals surface area contributed by atoms with Crippen molar-refractivity contribution >= 4 is 29.3 Å². The Kier molecular flexibility index (Phi) is 5.21. The lowest BCUT2D eigenvalue weighted by atomic mass is 10.1. The molecular formula is C18H18ClNO3S. The fourth-order valence-corrected chi connectivity index (χ4v) is 4.20. The van der Waals surface area contributed by atoms with E-state index in [1.807, 2.05) is 47.4 Å². The van der Waals surface area contributed by atoms with Gasteiger partial charge in [-0.05, 0) is 23.8 Å². The van der Waals surface area contributed by atoms with Gasteiger partial charge in [-0.25, -0.2) is 0 Å². The van der Waals surface area contributed by atoms with Gasteiger partial charge in [-0.2, -0.15) is 0 Å². The van der Waals surface area contributed by atoms with Gasteiger partial charge in [0, 0.05) is 10.6 Å². The number of halogens is 1. The minimum atomic E-state index is -0.0490. The van der Waals surface area contributed by atoms with E-state index in [1.54, 1.807) is 26.0 Å². The van der Waals surface area contributed by atoms with Gasteiger partial charge >= 0.3 is 0 Å². The normalized spacial score (nSPS) is 17.2. The quantitative estimate of drug-likeness (QED) is 0.800. The monoisotopic (exact) mass is 363 g/mol. The summed E-state index contributed by atoms with van der Waals surface area (Å²) in [5.41, 5.74) is 1.94. The minimum Gasteiger partial charge on any atom is -0.493 e. The lowest BCUT2D eigenvalue weighted by Gasteiger charge is -2.25. The van der Waals surface area contributed by atoms with E-state index in [0.717, 1.165) is 11.1 Å².